The summed E-state index contributed by atoms with van der Waals surface area (Å²) < 4.78 is 38.0. The van der Waals surface area contributed by atoms with Crippen LogP contribution in [0.25, 0.3) is 0 Å². The summed E-state index contributed by atoms with van der Waals surface area (Å²) in [6, 6.07) is 4.47. The van der Waals surface area contributed by atoms with Crippen LogP contribution in [0.15, 0.2) is 24.3 Å². The summed E-state index contributed by atoms with van der Waals surface area (Å²) in [6.45, 7) is 3.83. The van der Waals surface area contributed by atoms with E-state index in [1.54, 1.807) is 4.90 Å². The van der Waals surface area contributed by atoms with Gasteiger partial charge in [-0.15, -0.1) is 0 Å². The lowest BCUT2D eigenvalue weighted by atomic mass is 10.00. The molecule has 1 unspecified atom stereocenters. The first-order chi connectivity index (χ1) is 11.7. The Balaban J connectivity index is 2.15. The summed E-state index contributed by atoms with van der Waals surface area (Å²) in [7, 11) is 0. The molecule has 25 heavy (non-hydrogen) atoms. The molecule has 2 amide bonds. The zero-order chi connectivity index (χ0) is 18.6. The van der Waals surface area contributed by atoms with E-state index in [0.29, 0.717) is 12.2 Å². The van der Waals surface area contributed by atoms with Crippen molar-refractivity contribution in [1.29, 1.82) is 0 Å². The lowest BCUT2D eigenvalue weighted by molar-refractivity contribution is -0.137. The third-order valence-electron chi connectivity index (χ3n) is 4.60. The van der Waals surface area contributed by atoms with Gasteiger partial charge in [-0.3, -0.25) is 9.59 Å². The number of rotatable bonds is 4. The topological polar surface area (TPSA) is 40.6 Å². The highest BCUT2D eigenvalue weighted by Gasteiger charge is 2.31. The molecule has 0 aromatic heterocycles. The summed E-state index contributed by atoms with van der Waals surface area (Å²) in [5, 5.41) is 0. The molecule has 2 rings (SSSR count). The molecule has 1 aromatic carbocycles. The van der Waals surface area contributed by atoms with Crippen LogP contribution in [0, 0.1) is 0 Å². The van der Waals surface area contributed by atoms with E-state index in [1.807, 2.05) is 6.92 Å². The van der Waals surface area contributed by atoms with Gasteiger partial charge >= 0.3 is 6.18 Å². The third kappa shape index (κ3) is 4.74. The van der Waals surface area contributed by atoms with Crippen LogP contribution in [0.1, 0.15) is 45.1 Å². The van der Waals surface area contributed by atoms with Gasteiger partial charge in [0.25, 0.3) is 0 Å². The minimum atomic E-state index is -4.43. The number of nitrogens with zero attached hydrogens (tertiary/aromatic N) is 2. The van der Waals surface area contributed by atoms with Gasteiger partial charge in [0.05, 0.1) is 5.56 Å². The predicted molar refractivity (Wildman–Crippen MR) is 89.1 cm³/mol. The second-order valence-corrected chi connectivity index (χ2v) is 6.29. The second kappa shape index (κ2) is 7.89. The first kappa shape index (κ1) is 19.3. The number of carbonyl (C=O) groups is 2. The van der Waals surface area contributed by atoms with Crippen LogP contribution in [-0.2, 0) is 15.8 Å². The van der Waals surface area contributed by atoms with E-state index in [-0.39, 0.29) is 24.4 Å². The van der Waals surface area contributed by atoms with Crippen molar-refractivity contribution in [3.63, 3.8) is 0 Å². The lowest BCUT2D eigenvalue weighted by Crippen LogP contribution is -2.48. The second-order valence-electron chi connectivity index (χ2n) is 6.29. The van der Waals surface area contributed by atoms with E-state index in [1.165, 1.54) is 24.0 Å². The standard InChI is InChI=1S/C18H23F3N2O2/c1-3-15-6-4-5-11-22(15)17(25)12-23(13(2)24)16-9-7-14(8-10-16)18(19,20)21/h7-10,15H,3-6,11-12H2,1-2H3. The fourth-order valence-electron chi connectivity index (χ4n) is 3.19. The Hall–Kier alpha value is -2.05. The van der Waals surface area contributed by atoms with Gasteiger partial charge < -0.3 is 9.80 Å². The van der Waals surface area contributed by atoms with Crippen molar-refractivity contribution in [2.24, 2.45) is 0 Å². The van der Waals surface area contributed by atoms with E-state index >= 15 is 0 Å². The molecule has 0 radical (unpaired) electrons. The molecule has 1 heterocycles. The Kier molecular flexibility index (Phi) is 6.08. The van der Waals surface area contributed by atoms with Crippen LogP contribution < -0.4 is 4.90 Å². The Morgan fingerprint density at radius 2 is 1.84 bits per heavy atom. The van der Waals surface area contributed by atoms with Crippen LogP contribution in [0.5, 0.6) is 0 Å². The minimum Gasteiger partial charge on any atom is -0.338 e. The van der Waals surface area contributed by atoms with Crippen molar-refractivity contribution in [3.05, 3.63) is 29.8 Å². The van der Waals surface area contributed by atoms with E-state index in [9.17, 15) is 22.8 Å². The maximum absolute atomic E-state index is 12.7. The molecular formula is C18H23F3N2O2. The molecular weight excluding hydrogens is 333 g/mol. The highest BCUT2D eigenvalue weighted by Crippen LogP contribution is 2.30. The first-order valence-corrected chi connectivity index (χ1v) is 8.49. The van der Waals surface area contributed by atoms with E-state index < -0.39 is 11.7 Å². The Morgan fingerprint density at radius 1 is 1.20 bits per heavy atom. The van der Waals surface area contributed by atoms with Crippen molar-refractivity contribution in [2.75, 3.05) is 18.0 Å². The molecule has 138 valence electrons. The number of likely N-dealkylation sites (tertiary alicyclic amines) is 1. The molecule has 0 aliphatic carbocycles. The number of carbonyl (C=O) groups excluding carboxylic acids is 2. The number of hydrogen-bond donors (Lipinski definition) is 0. The van der Waals surface area contributed by atoms with Gasteiger partial charge in [-0.2, -0.15) is 13.2 Å². The average molecular weight is 356 g/mol. The summed E-state index contributed by atoms with van der Waals surface area (Å²) >= 11 is 0. The zero-order valence-corrected chi connectivity index (χ0v) is 14.5. The fourth-order valence-corrected chi connectivity index (χ4v) is 3.19. The van der Waals surface area contributed by atoms with Gasteiger partial charge in [-0.25, -0.2) is 0 Å². The fraction of sp³-hybridized carbons (Fsp3) is 0.556. The van der Waals surface area contributed by atoms with Crippen LogP contribution in [0.2, 0.25) is 0 Å². The quantitative estimate of drug-likeness (QED) is 0.822. The molecule has 1 aliphatic heterocycles. The van der Waals surface area contributed by atoms with Crippen molar-refractivity contribution < 1.29 is 22.8 Å². The van der Waals surface area contributed by atoms with Crippen LogP contribution in [0.3, 0.4) is 0 Å². The Labute approximate surface area is 145 Å². The van der Waals surface area contributed by atoms with E-state index in [4.69, 9.17) is 0 Å². The van der Waals surface area contributed by atoms with Crippen molar-refractivity contribution in [2.45, 2.75) is 51.7 Å². The predicted octanol–water partition coefficient (Wildman–Crippen LogP) is 3.85. The normalized spacial score (nSPS) is 18.1. The molecule has 1 aromatic rings. The molecule has 0 spiro atoms. The largest absolute Gasteiger partial charge is 0.416 e. The third-order valence-corrected chi connectivity index (χ3v) is 4.60. The van der Waals surface area contributed by atoms with Gasteiger partial charge in [-0.05, 0) is 49.9 Å². The highest BCUT2D eigenvalue weighted by atomic mass is 19.4. The first-order valence-electron chi connectivity index (χ1n) is 8.49. The van der Waals surface area contributed by atoms with E-state index in [0.717, 1.165) is 37.8 Å². The molecule has 7 heteroatoms. The van der Waals surface area contributed by atoms with Gasteiger partial charge in [0.1, 0.15) is 6.54 Å². The summed E-state index contributed by atoms with van der Waals surface area (Å²) in [5.74, 6) is -0.542. The summed E-state index contributed by atoms with van der Waals surface area (Å²) in [6.07, 6.45) is -0.619. The van der Waals surface area contributed by atoms with Gasteiger partial charge in [0.15, 0.2) is 0 Å². The molecule has 1 fully saturated rings. The van der Waals surface area contributed by atoms with Crippen LogP contribution >= 0.6 is 0 Å². The molecule has 1 saturated heterocycles. The number of halogens is 3. The average Bonchev–Trinajstić information content (AvgIpc) is 2.58. The Morgan fingerprint density at radius 3 is 2.36 bits per heavy atom. The maximum atomic E-state index is 12.7. The number of piperidine rings is 1. The molecule has 1 aliphatic rings. The number of benzene rings is 1. The number of anilines is 1. The van der Waals surface area contributed by atoms with Gasteiger partial charge in [-0.1, -0.05) is 6.92 Å². The molecule has 0 bridgehead atoms. The zero-order valence-electron chi connectivity index (χ0n) is 14.5. The Bertz CT molecular complexity index is 614. The van der Waals surface area contributed by atoms with Crippen molar-refractivity contribution >= 4 is 17.5 Å². The van der Waals surface area contributed by atoms with E-state index in [2.05, 4.69) is 0 Å². The van der Waals surface area contributed by atoms with Crippen molar-refractivity contribution in [1.82, 2.24) is 4.90 Å². The molecule has 1 atom stereocenters. The lowest BCUT2D eigenvalue weighted by Gasteiger charge is -2.36. The molecule has 4 nitrogen and oxygen atoms in total. The maximum Gasteiger partial charge on any atom is 0.416 e. The SMILES string of the molecule is CCC1CCCCN1C(=O)CN(C(C)=O)c1ccc(C(F)(F)F)cc1. The smallest absolute Gasteiger partial charge is 0.338 e. The molecule has 0 N–H and O–H groups in total. The van der Waals surface area contributed by atoms with Crippen LogP contribution in [0.4, 0.5) is 18.9 Å². The number of hydrogen-bond acceptors (Lipinski definition) is 2. The minimum absolute atomic E-state index is 0.156. The van der Waals surface area contributed by atoms with Gasteiger partial charge in [0, 0.05) is 25.2 Å². The van der Waals surface area contributed by atoms with Crippen molar-refractivity contribution in [3.8, 4) is 0 Å². The summed E-state index contributed by atoms with van der Waals surface area (Å²) in [4.78, 5) is 27.6. The number of amides is 2. The number of alkyl halides is 3. The van der Waals surface area contributed by atoms with Crippen LogP contribution in [-0.4, -0.2) is 35.8 Å². The van der Waals surface area contributed by atoms with Gasteiger partial charge in [0.2, 0.25) is 11.8 Å². The molecule has 0 saturated carbocycles. The monoisotopic (exact) mass is 356 g/mol. The summed E-state index contributed by atoms with van der Waals surface area (Å²) in [5.41, 5.74) is -0.493. The highest BCUT2D eigenvalue weighted by molar-refractivity contribution is 5.97.